The number of carbonyl (C=O) groups is 4. The Morgan fingerprint density at radius 1 is 1.17 bits per heavy atom. The Labute approximate surface area is 208 Å². The number of ether oxygens (including phenoxy) is 4. The molecule has 192 valence electrons. The van der Waals surface area contributed by atoms with E-state index in [-0.39, 0.29) is 24.2 Å². The number of hydrogen-bond donors (Lipinski definition) is 1. The summed E-state index contributed by atoms with van der Waals surface area (Å²) in [6.07, 6.45) is 1.95. The van der Waals surface area contributed by atoms with Crippen LogP contribution in [0, 0.1) is 34.0 Å². The molecule has 3 aliphatic carbocycles. The number of allylic oxidation sites excluding steroid dienone is 2. The van der Waals surface area contributed by atoms with Crippen LogP contribution in [-0.4, -0.2) is 60.5 Å². The van der Waals surface area contributed by atoms with E-state index in [0.717, 1.165) is 11.1 Å². The lowest BCUT2D eigenvalue weighted by Gasteiger charge is -2.59. The van der Waals surface area contributed by atoms with Gasteiger partial charge in [-0.15, -0.1) is 0 Å². The summed E-state index contributed by atoms with van der Waals surface area (Å²) in [7, 11) is 1.32. The third kappa shape index (κ3) is 2.58. The van der Waals surface area contributed by atoms with Crippen LogP contribution in [0.3, 0.4) is 0 Å². The van der Waals surface area contributed by atoms with Gasteiger partial charge in [-0.2, -0.15) is 0 Å². The molecule has 2 saturated heterocycles. The van der Waals surface area contributed by atoms with Crippen molar-refractivity contribution >= 4 is 23.7 Å². The second-order valence-electron chi connectivity index (χ2n) is 11.6. The first-order valence-electron chi connectivity index (χ1n) is 12.4. The van der Waals surface area contributed by atoms with Gasteiger partial charge in [-0.1, -0.05) is 25.5 Å². The number of fused-ring (bicyclic) bond motifs is 4. The molecule has 6 aliphatic rings. The van der Waals surface area contributed by atoms with E-state index in [1.54, 1.807) is 13.0 Å². The predicted molar refractivity (Wildman–Crippen MR) is 122 cm³/mol. The molecule has 1 unspecified atom stereocenters. The summed E-state index contributed by atoms with van der Waals surface area (Å²) < 4.78 is 22.6. The van der Waals surface area contributed by atoms with Gasteiger partial charge in [0.05, 0.1) is 25.0 Å². The standard InChI is InChI=1S/C27H30O9/c1-11-12(13-9-18(30)35-23(13)31)8-14-19(11)27(4)15(10-17(29)33-5)26(3)16(28)6-7-25(2)21(26)20(22(27)34-14)36-24(25)32/h6-7,9,12,14-15,20-23,31H,8,10H2,1-5H3/t12-,14-,15-,20-,21+,22-,23?,25-,26+,27-/m1/s1. The number of esters is 3. The number of hydrogen-bond acceptors (Lipinski definition) is 9. The number of aliphatic hydroxyl groups excluding tert-OH is 1. The maximum atomic E-state index is 13.7. The first-order chi connectivity index (χ1) is 16.9. The number of ketones is 1. The summed E-state index contributed by atoms with van der Waals surface area (Å²) in [5, 5.41) is 10.3. The molecule has 9 nitrogen and oxygen atoms in total. The van der Waals surface area contributed by atoms with Crippen molar-refractivity contribution in [1.82, 2.24) is 0 Å². The Kier molecular flexibility index (Phi) is 4.70. The zero-order valence-electron chi connectivity index (χ0n) is 20.9. The molecule has 9 heteroatoms. The minimum atomic E-state index is -1.32. The molecular formula is C27H30O9. The quantitative estimate of drug-likeness (QED) is 0.352. The van der Waals surface area contributed by atoms with Crippen LogP contribution in [0.25, 0.3) is 0 Å². The fourth-order valence-electron chi connectivity index (χ4n) is 8.63. The van der Waals surface area contributed by atoms with E-state index in [9.17, 15) is 24.3 Å². The van der Waals surface area contributed by atoms with Gasteiger partial charge < -0.3 is 24.1 Å². The van der Waals surface area contributed by atoms with Crippen LogP contribution in [0.2, 0.25) is 0 Å². The van der Waals surface area contributed by atoms with Crippen molar-refractivity contribution in [2.75, 3.05) is 7.11 Å². The molecule has 0 aromatic rings. The highest BCUT2D eigenvalue weighted by atomic mass is 16.6. The molecule has 0 amide bonds. The van der Waals surface area contributed by atoms with Crippen molar-refractivity contribution < 1.29 is 43.2 Å². The maximum Gasteiger partial charge on any atom is 0.333 e. The number of methoxy groups -OCH3 is 1. The number of rotatable bonds is 3. The molecule has 0 radical (unpaired) electrons. The van der Waals surface area contributed by atoms with E-state index >= 15 is 0 Å². The van der Waals surface area contributed by atoms with E-state index in [0.29, 0.717) is 12.0 Å². The van der Waals surface area contributed by atoms with Gasteiger partial charge in [-0.25, -0.2) is 4.79 Å². The molecule has 0 aromatic carbocycles. The predicted octanol–water partition coefficient (Wildman–Crippen LogP) is 1.78. The van der Waals surface area contributed by atoms with Crippen molar-refractivity contribution in [1.29, 1.82) is 0 Å². The minimum absolute atomic E-state index is 0.0302. The second-order valence-corrected chi connectivity index (χ2v) is 11.6. The highest BCUT2D eigenvalue weighted by molar-refractivity contribution is 6.00. The fraction of sp³-hybridized carbons (Fsp3) is 0.630. The lowest BCUT2D eigenvalue weighted by atomic mass is 9.42. The normalized spacial score (nSPS) is 48.3. The molecule has 10 atom stereocenters. The molecule has 0 bridgehead atoms. The number of aliphatic hydroxyl groups is 1. The lowest BCUT2D eigenvalue weighted by molar-refractivity contribution is -0.190. The Hall–Kier alpha value is -2.78. The molecule has 1 N–H and O–H groups in total. The number of carbonyl (C=O) groups excluding carboxylic acids is 4. The topological polar surface area (TPSA) is 125 Å². The first kappa shape index (κ1) is 23.6. The summed E-state index contributed by atoms with van der Waals surface area (Å²) in [4.78, 5) is 51.5. The SMILES string of the molecule is COC(=O)C[C@H]1[C@]2(C)C3=C(C)[C@H](C4=CC(=O)OC4O)C[C@H]3O[C@@H]2[C@@H]2OC(=O)[C@]3(C)C=CC(=O)[C@@]1(C)[C@@H]23. The van der Waals surface area contributed by atoms with Gasteiger partial charge >= 0.3 is 17.9 Å². The molecule has 6 rings (SSSR count). The molecule has 3 heterocycles. The summed E-state index contributed by atoms with van der Waals surface area (Å²) in [5.41, 5.74) is -0.609. The van der Waals surface area contributed by atoms with Crippen LogP contribution in [0.4, 0.5) is 0 Å². The van der Waals surface area contributed by atoms with Crippen molar-refractivity contribution in [3.8, 4) is 0 Å². The molecule has 36 heavy (non-hydrogen) atoms. The van der Waals surface area contributed by atoms with E-state index in [4.69, 9.17) is 18.9 Å². The Morgan fingerprint density at radius 2 is 1.89 bits per heavy atom. The third-order valence-corrected chi connectivity index (χ3v) is 10.2. The summed E-state index contributed by atoms with van der Waals surface area (Å²) in [5.74, 6) is -2.90. The second kappa shape index (κ2) is 7.16. The van der Waals surface area contributed by atoms with E-state index < -0.39 is 64.5 Å². The van der Waals surface area contributed by atoms with Crippen LogP contribution in [0.1, 0.15) is 40.5 Å². The molecule has 3 fully saturated rings. The summed E-state index contributed by atoms with van der Waals surface area (Å²) in [6, 6.07) is 0. The molecule has 3 aliphatic heterocycles. The lowest BCUT2D eigenvalue weighted by Crippen LogP contribution is -2.66. The third-order valence-electron chi connectivity index (χ3n) is 10.2. The Morgan fingerprint density at radius 3 is 2.53 bits per heavy atom. The first-order valence-corrected chi connectivity index (χ1v) is 12.4. The van der Waals surface area contributed by atoms with Crippen molar-refractivity contribution in [2.45, 2.75) is 65.1 Å². The van der Waals surface area contributed by atoms with E-state index in [1.165, 1.54) is 19.3 Å². The van der Waals surface area contributed by atoms with Gasteiger partial charge in [0.2, 0.25) is 6.29 Å². The van der Waals surface area contributed by atoms with E-state index in [1.807, 2.05) is 20.8 Å². The van der Waals surface area contributed by atoms with E-state index in [2.05, 4.69) is 0 Å². The van der Waals surface area contributed by atoms with Gasteiger partial charge in [-0.05, 0) is 37.8 Å². The minimum Gasteiger partial charge on any atom is -0.469 e. The van der Waals surface area contributed by atoms with Gasteiger partial charge in [-0.3, -0.25) is 14.4 Å². The van der Waals surface area contributed by atoms with Gasteiger partial charge in [0, 0.05) is 34.3 Å². The van der Waals surface area contributed by atoms with Gasteiger partial charge in [0.15, 0.2) is 5.78 Å². The van der Waals surface area contributed by atoms with Crippen molar-refractivity contribution in [3.63, 3.8) is 0 Å². The summed E-state index contributed by atoms with van der Waals surface area (Å²) in [6.45, 7) is 7.56. The molecule has 1 saturated carbocycles. The summed E-state index contributed by atoms with van der Waals surface area (Å²) >= 11 is 0. The molecule has 0 spiro atoms. The highest BCUT2D eigenvalue weighted by Crippen LogP contribution is 2.71. The fourth-order valence-corrected chi connectivity index (χ4v) is 8.63. The largest absolute Gasteiger partial charge is 0.469 e. The monoisotopic (exact) mass is 498 g/mol. The van der Waals surface area contributed by atoms with Crippen molar-refractivity contribution in [2.24, 2.45) is 34.0 Å². The van der Waals surface area contributed by atoms with Gasteiger partial charge in [0.1, 0.15) is 12.2 Å². The van der Waals surface area contributed by atoms with Crippen LogP contribution in [0.5, 0.6) is 0 Å². The van der Waals surface area contributed by atoms with Crippen LogP contribution in [0.15, 0.2) is 34.9 Å². The number of cyclic esters (lactones) is 1. The maximum absolute atomic E-state index is 13.7. The van der Waals surface area contributed by atoms with Crippen LogP contribution >= 0.6 is 0 Å². The zero-order chi connectivity index (χ0) is 25.9. The van der Waals surface area contributed by atoms with Crippen molar-refractivity contribution in [3.05, 3.63) is 34.9 Å². The van der Waals surface area contributed by atoms with Gasteiger partial charge in [0.25, 0.3) is 0 Å². The Balaban J connectivity index is 1.55. The van der Waals surface area contributed by atoms with Crippen LogP contribution in [-0.2, 0) is 38.1 Å². The highest BCUT2D eigenvalue weighted by Gasteiger charge is 2.78. The molecule has 0 aromatic heterocycles. The Bertz CT molecular complexity index is 1210. The average Bonchev–Trinajstić information content (AvgIpc) is 3.50. The smallest absolute Gasteiger partial charge is 0.333 e. The average molecular weight is 499 g/mol. The van der Waals surface area contributed by atoms with Crippen LogP contribution < -0.4 is 0 Å². The zero-order valence-corrected chi connectivity index (χ0v) is 20.9. The molecular weight excluding hydrogens is 468 g/mol.